The van der Waals surface area contributed by atoms with Gasteiger partial charge in [-0.2, -0.15) is 0 Å². The van der Waals surface area contributed by atoms with E-state index in [-0.39, 0.29) is 0 Å². The maximum atomic E-state index is 15.7. The molecule has 0 fully saturated rings. The van der Waals surface area contributed by atoms with Gasteiger partial charge >= 0.3 is 22.7 Å². The lowest BCUT2D eigenvalue weighted by atomic mass is 10.1. The Labute approximate surface area is 334 Å². The standard InChI is InChI=1S/C32H16N8.C12H11O4P.Al/c1-2-10-18-17(9-1)25-33-26(18)38-28-21-13-5-6-14-22(21)30(35-28)40-32-24-16-8-7-15-23(24)31(36-32)39-29-20-12-4-3-11-19(20)27(34-29)37-25;13-17(14,15-11-7-3-1-4-8-11)16-12-9-5-2-6-10-12;/h1-16H;1-10H,(H,13,14);/q-2;;+3/p-1. The molecule has 0 aliphatic carbocycles. The Bertz CT molecular complexity index is 3170. The van der Waals surface area contributed by atoms with Gasteiger partial charge in [0.15, 0.2) is 23.3 Å². The number of hydrogen-bond acceptors (Lipinski definition) is 10. The molecule has 0 spiro atoms. The van der Waals surface area contributed by atoms with Crippen LogP contribution < -0.4 is 20.0 Å². The number of phosphoric acid groups is 1. The molecular formula is C44H26AlN8O4P. The van der Waals surface area contributed by atoms with Crippen LogP contribution in [0.1, 0.15) is 22.3 Å². The number of aromatic nitrogens is 2. The summed E-state index contributed by atoms with van der Waals surface area (Å²) in [6.07, 6.45) is 0. The summed E-state index contributed by atoms with van der Waals surface area (Å²) < 4.78 is 39.5. The van der Waals surface area contributed by atoms with Gasteiger partial charge in [-0.25, -0.2) is 34.5 Å². The molecule has 0 unspecified atom stereocenters. The average molecular weight is 789 g/mol. The van der Waals surface area contributed by atoms with Gasteiger partial charge in [0.25, 0.3) is 0 Å². The largest absolute Gasteiger partial charge is 0.820 e. The second-order valence-electron chi connectivity index (χ2n) is 13.9. The lowest BCUT2D eigenvalue weighted by molar-refractivity contribution is 0.294. The van der Waals surface area contributed by atoms with Crippen LogP contribution >= 0.6 is 7.82 Å². The Morgan fingerprint density at radius 2 is 0.759 bits per heavy atom. The van der Waals surface area contributed by atoms with Gasteiger partial charge in [0.05, 0.1) is 0 Å². The van der Waals surface area contributed by atoms with Crippen molar-refractivity contribution in [3.05, 3.63) is 191 Å². The van der Waals surface area contributed by atoms with Crippen molar-refractivity contribution in [2.45, 2.75) is 0 Å². The zero-order chi connectivity index (χ0) is 38.4. The SMILES string of the molecule is O=P(Oc1ccccc1)(Oc1ccccc1)[O][Al]1[n]2c3c4ccccc4c2N=C2N=C(N=c4c5ccccc5c([n]41)=NC1=NC(=N3)c3ccccc31)c1ccccc12. The van der Waals surface area contributed by atoms with Gasteiger partial charge in [0.2, 0.25) is 0 Å². The minimum Gasteiger partial charge on any atom is -0.397 e. The van der Waals surface area contributed by atoms with Crippen molar-refractivity contribution in [3.63, 3.8) is 0 Å². The number of benzene rings is 6. The fourth-order valence-electron chi connectivity index (χ4n) is 7.88. The first-order valence-corrected chi connectivity index (χ1v) is 21.6. The molecule has 0 saturated carbocycles. The molecule has 12 rings (SSSR count). The van der Waals surface area contributed by atoms with Gasteiger partial charge in [-0.3, -0.25) is 0 Å². The number of nitrogens with zero attached hydrogens (tertiary/aromatic N) is 8. The molecule has 6 aromatic carbocycles. The molecule has 274 valence electrons. The molecule has 8 aromatic rings. The van der Waals surface area contributed by atoms with E-state index in [1.165, 1.54) is 0 Å². The Hall–Kier alpha value is -7.00. The van der Waals surface area contributed by atoms with Crippen molar-refractivity contribution in [2.75, 3.05) is 0 Å². The van der Waals surface area contributed by atoms with Crippen LogP contribution in [0.15, 0.2) is 188 Å². The molecule has 0 atom stereocenters. The van der Waals surface area contributed by atoms with Crippen LogP contribution in [-0.4, -0.2) is 45.4 Å². The molecule has 0 N–H and O–H groups in total. The summed E-state index contributed by atoms with van der Waals surface area (Å²) in [6.45, 7) is 0. The van der Waals surface area contributed by atoms with E-state index in [9.17, 15) is 0 Å². The second-order valence-corrected chi connectivity index (χ2v) is 17.7. The molecule has 0 radical (unpaired) electrons. The normalized spacial score (nSPS) is 14.7. The third-order valence-corrected chi connectivity index (χ3v) is 14.9. The van der Waals surface area contributed by atoms with E-state index in [2.05, 4.69) is 0 Å². The summed E-state index contributed by atoms with van der Waals surface area (Å²) in [7, 11) is -4.61. The fourth-order valence-corrected chi connectivity index (χ4v) is 12.6. The summed E-state index contributed by atoms with van der Waals surface area (Å²) in [5.41, 5.74) is 4.31. The van der Waals surface area contributed by atoms with E-state index >= 15 is 4.57 Å². The zero-order valence-corrected chi connectivity index (χ0v) is 32.3. The smallest absolute Gasteiger partial charge is 0.397 e. The molecule has 4 aliphatic rings. The number of phosphoric ester groups is 1. The van der Waals surface area contributed by atoms with Crippen molar-refractivity contribution >= 4 is 79.3 Å². The van der Waals surface area contributed by atoms with Gasteiger partial charge in [0.1, 0.15) is 34.1 Å². The van der Waals surface area contributed by atoms with Crippen molar-refractivity contribution in [3.8, 4) is 11.5 Å². The highest BCUT2D eigenvalue weighted by molar-refractivity contribution is 7.50. The molecule has 0 saturated heterocycles. The van der Waals surface area contributed by atoms with Crippen molar-refractivity contribution in [1.82, 2.24) is 7.10 Å². The van der Waals surface area contributed by atoms with Crippen LogP contribution in [0.2, 0.25) is 0 Å². The quantitative estimate of drug-likeness (QED) is 0.124. The molecule has 0 amide bonds. The van der Waals surface area contributed by atoms with Gasteiger partial charge in [-0.1, -0.05) is 133 Å². The van der Waals surface area contributed by atoms with Crippen LogP contribution in [-0.2, 0) is 8.14 Å². The molecule has 12 nitrogen and oxygen atoms in total. The predicted octanol–water partition coefficient (Wildman–Crippen LogP) is 8.20. The van der Waals surface area contributed by atoms with Crippen LogP contribution in [0.5, 0.6) is 11.5 Å². The predicted molar refractivity (Wildman–Crippen MR) is 224 cm³/mol. The van der Waals surface area contributed by atoms with Gasteiger partial charge in [-0.15, -0.1) is 0 Å². The van der Waals surface area contributed by atoms with Crippen LogP contribution in [0, 0.1) is 0 Å². The molecule has 4 aliphatic heterocycles. The lowest BCUT2D eigenvalue weighted by Crippen LogP contribution is -2.48. The highest BCUT2D eigenvalue weighted by Gasteiger charge is 2.49. The Kier molecular flexibility index (Phi) is 7.30. The summed E-state index contributed by atoms with van der Waals surface area (Å²) in [5.74, 6) is 3.50. The zero-order valence-electron chi connectivity index (χ0n) is 30.2. The maximum Gasteiger partial charge on any atom is 0.820 e. The van der Waals surface area contributed by atoms with Crippen LogP contribution in [0.25, 0.3) is 21.5 Å². The van der Waals surface area contributed by atoms with Crippen molar-refractivity contribution in [1.29, 1.82) is 0 Å². The van der Waals surface area contributed by atoms with Gasteiger partial charge < -0.3 is 19.7 Å². The highest BCUT2D eigenvalue weighted by atomic mass is 31.2. The van der Waals surface area contributed by atoms with E-state index < -0.39 is 22.7 Å². The van der Waals surface area contributed by atoms with E-state index in [4.69, 9.17) is 42.6 Å². The van der Waals surface area contributed by atoms with Crippen molar-refractivity contribution in [2.24, 2.45) is 30.0 Å². The van der Waals surface area contributed by atoms with Crippen LogP contribution in [0.4, 0.5) is 11.6 Å². The van der Waals surface area contributed by atoms with Crippen molar-refractivity contribution < 1.29 is 17.2 Å². The Balaban J connectivity index is 1.27. The number of rotatable bonds is 6. The lowest BCUT2D eigenvalue weighted by Gasteiger charge is -2.24. The maximum absolute atomic E-state index is 15.7. The Morgan fingerprint density at radius 1 is 0.397 bits per heavy atom. The molecule has 58 heavy (non-hydrogen) atoms. The molecule has 6 bridgehead atoms. The van der Waals surface area contributed by atoms with E-state index in [1.54, 1.807) is 48.5 Å². The third-order valence-electron chi connectivity index (χ3n) is 10.4. The van der Waals surface area contributed by atoms with E-state index in [0.29, 0.717) is 57.5 Å². The number of amidine groups is 4. The molecule has 14 heteroatoms. The second kappa shape index (κ2) is 12.8. The van der Waals surface area contributed by atoms with Gasteiger partial charge in [-0.05, 0) is 24.3 Å². The van der Waals surface area contributed by atoms with E-state index in [1.807, 2.05) is 116 Å². The van der Waals surface area contributed by atoms with Crippen LogP contribution in [0.3, 0.4) is 0 Å². The number of hydrogen-bond donors (Lipinski definition) is 0. The first-order chi connectivity index (χ1) is 28.6. The third kappa shape index (κ3) is 5.15. The topological polar surface area (TPSA) is 129 Å². The van der Waals surface area contributed by atoms with E-state index in [0.717, 1.165) is 43.8 Å². The fraction of sp³-hybridized carbons (Fsp3) is 0. The summed E-state index contributed by atoms with van der Waals surface area (Å²) in [5, 5.41) is 3.12. The summed E-state index contributed by atoms with van der Waals surface area (Å²) in [6, 6.07) is 49.4. The number of fused-ring (bicyclic) bond motifs is 14. The first kappa shape index (κ1) is 33.2. The molecular weight excluding hydrogens is 762 g/mol. The average Bonchev–Trinajstić information content (AvgIpc) is 3.97. The first-order valence-electron chi connectivity index (χ1n) is 18.6. The van der Waals surface area contributed by atoms with Gasteiger partial charge in [0, 0.05) is 43.8 Å². The highest BCUT2D eigenvalue weighted by Crippen LogP contribution is 2.52. The minimum absolute atomic E-state index is 0.300. The monoisotopic (exact) mass is 788 g/mol. The molecule has 6 heterocycles. The summed E-state index contributed by atoms with van der Waals surface area (Å²) >= 11 is -3.64. The number of para-hydroxylation sites is 2. The Morgan fingerprint density at radius 3 is 1.19 bits per heavy atom. The molecule has 2 aromatic heterocycles. The number of aliphatic imine (C=N–C) groups is 4. The minimum atomic E-state index is -4.61. The summed E-state index contributed by atoms with van der Waals surface area (Å²) in [4.78, 5) is 31.6.